The summed E-state index contributed by atoms with van der Waals surface area (Å²) in [5.41, 5.74) is 1.81. The molecule has 1 saturated heterocycles. The number of nitrogens with zero attached hydrogens (tertiary/aromatic N) is 5. The van der Waals surface area contributed by atoms with Crippen LogP contribution in [-0.2, 0) is 10.0 Å². The number of rotatable bonds is 3. The zero-order valence-electron chi connectivity index (χ0n) is 18.6. The predicted octanol–water partition coefficient (Wildman–Crippen LogP) is 3.29. The van der Waals surface area contributed by atoms with Crippen LogP contribution in [0.2, 0.25) is 0 Å². The second-order valence-electron chi connectivity index (χ2n) is 8.58. The number of likely N-dealkylation sites (N-methyl/N-ethyl adjacent to an activating group) is 1. The third-order valence-corrected chi connectivity index (χ3v) is 8.23. The van der Waals surface area contributed by atoms with E-state index in [1.54, 1.807) is 27.4 Å². The first-order valence-electron chi connectivity index (χ1n) is 11.4. The molecule has 2 aliphatic heterocycles. The lowest BCUT2D eigenvalue weighted by atomic mass is 10.2. The van der Waals surface area contributed by atoms with Crippen LogP contribution in [0.5, 0.6) is 0 Å². The largest absolute Gasteiger partial charge is 0.355 e. The first-order chi connectivity index (χ1) is 15.9. The Bertz CT molecular complexity index is 1300. The van der Waals surface area contributed by atoms with Crippen molar-refractivity contribution in [3.05, 3.63) is 54.1 Å². The summed E-state index contributed by atoms with van der Waals surface area (Å²) < 4.78 is 28.0. The average molecular weight is 466 g/mol. The number of hydrogen-bond acceptors (Lipinski definition) is 6. The Kier molecular flexibility index (Phi) is 5.76. The molecule has 0 spiro atoms. The van der Waals surface area contributed by atoms with Crippen molar-refractivity contribution in [2.75, 3.05) is 43.0 Å². The number of fused-ring (bicyclic) bond motifs is 2. The summed E-state index contributed by atoms with van der Waals surface area (Å²) >= 11 is 0. The SMILES string of the molecule is CN1CCN(C(=O)c2cccc(S(=O)(=O)N3CCCCCC3)c2)c2nc3ccccc3nc21. The smallest absolute Gasteiger partial charge is 0.259 e. The molecule has 5 rings (SSSR count). The molecule has 0 bridgehead atoms. The molecule has 8 nitrogen and oxygen atoms in total. The summed E-state index contributed by atoms with van der Waals surface area (Å²) in [6.07, 6.45) is 3.82. The molecular weight excluding hydrogens is 438 g/mol. The van der Waals surface area contributed by atoms with Gasteiger partial charge in [0, 0.05) is 38.8 Å². The molecule has 0 aliphatic carbocycles. The highest BCUT2D eigenvalue weighted by Gasteiger charge is 2.31. The second-order valence-corrected chi connectivity index (χ2v) is 10.5. The van der Waals surface area contributed by atoms with Gasteiger partial charge >= 0.3 is 0 Å². The predicted molar refractivity (Wildman–Crippen MR) is 128 cm³/mol. The molecule has 1 fully saturated rings. The van der Waals surface area contributed by atoms with Gasteiger partial charge in [0.15, 0.2) is 11.6 Å². The van der Waals surface area contributed by atoms with Crippen molar-refractivity contribution in [1.82, 2.24) is 14.3 Å². The molecule has 0 atom stereocenters. The summed E-state index contributed by atoms with van der Waals surface area (Å²) in [6, 6.07) is 13.9. The fraction of sp³-hybridized carbons (Fsp3) is 0.375. The van der Waals surface area contributed by atoms with Crippen LogP contribution in [0.15, 0.2) is 53.4 Å². The molecule has 1 aromatic heterocycles. The normalized spacial score (nSPS) is 17.6. The van der Waals surface area contributed by atoms with E-state index < -0.39 is 10.0 Å². The van der Waals surface area contributed by atoms with Gasteiger partial charge in [0.25, 0.3) is 5.91 Å². The van der Waals surface area contributed by atoms with Crippen molar-refractivity contribution in [2.24, 2.45) is 0 Å². The molecule has 3 aromatic rings. The third-order valence-electron chi connectivity index (χ3n) is 6.34. The van der Waals surface area contributed by atoms with Gasteiger partial charge in [-0.15, -0.1) is 0 Å². The van der Waals surface area contributed by atoms with Crippen LogP contribution in [-0.4, -0.2) is 61.8 Å². The van der Waals surface area contributed by atoms with Gasteiger partial charge in [-0.3, -0.25) is 9.69 Å². The van der Waals surface area contributed by atoms with E-state index >= 15 is 0 Å². The third kappa shape index (κ3) is 4.06. The molecule has 2 aromatic carbocycles. The lowest BCUT2D eigenvalue weighted by Gasteiger charge is -2.33. The summed E-state index contributed by atoms with van der Waals surface area (Å²) in [4.78, 5) is 26.7. The number of para-hydroxylation sites is 2. The van der Waals surface area contributed by atoms with Gasteiger partial charge < -0.3 is 4.90 Å². The molecule has 0 unspecified atom stereocenters. The highest BCUT2D eigenvalue weighted by atomic mass is 32.2. The molecular formula is C24H27N5O3S. The average Bonchev–Trinajstić information content (AvgIpc) is 3.13. The molecule has 1 amide bonds. The lowest BCUT2D eigenvalue weighted by Crippen LogP contribution is -2.43. The standard InChI is InChI=1S/C24H27N5O3S/c1-27-15-16-29(23-22(27)25-20-11-4-5-12-21(20)26-23)24(30)18-9-8-10-19(17-18)33(31,32)28-13-6-2-3-7-14-28/h4-5,8-12,17H,2-3,6-7,13-16H2,1H3. The van der Waals surface area contributed by atoms with Crippen LogP contribution in [0.25, 0.3) is 11.0 Å². The first kappa shape index (κ1) is 21.8. The van der Waals surface area contributed by atoms with E-state index in [1.807, 2.05) is 36.2 Å². The van der Waals surface area contributed by atoms with Gasteiger partial charge in [0.2, 0.25) is 10.0 Å². The Morgan fingerprint density at radius 3 is 2.18 bits per heavy atom. The molecule has 2 aliphatic rings. The van der Waals surface area contributed by atoms with Crippen LogP contribution in [0.3, 0.4) is 0 Å². The first-order valence-corrected chi connectivity index (χ1v) is 12.8. The minimum Gasteiger partial charge on any atom is -0.355 e. The number of benzene rings is 2. The zero-order chi connectivity index (χ0) is 23.0. The highest BCUT2D eigenvalue weighted by molar-refractivity contribution is 7.89. The van der Waals surface area contributed by atoms with Gasteiger partial charge in [-0.1, -0.05) is 31.0 Å². The van der Waals surface area contributed by atoms with Gasteiger partial charge in [-0.05, 0) is 43.2 Å². The van der Waals surface area contributed by atoms with E-state index in [2.05, 4.69) is 0 Å². The van der Waals surface area contributed by atoms with Crippen molar-refractivity contribution in [3.63, 3.8) is 0 Å². The monoisotopic (exact) mass is 465 g/mol. The Morgan fingerprint density at radius 2 is 1.48 bits per heavy atom. The number of anilines is 2. The molecule has 3 heterocycles. The highest BCUT2D eigenvalue weighted by Crippen LogP contribution is 2.32. The van der Waals surface area contributed by atoms with Crippen LogP contribution in [0, 0.1) is 0 Å². The van der Waals surface area contributed by atoms with Crippen molar-refractivity contribution in [3.8, 4) is 0 Å². The van der Waals surface area contributed by atoms with Crippen molar-refractivity contribution in [2.45, 2.75) is 30.6 Å². The Hall–Kier alpha value is -3.04. The fourth-order valence-electron chi connectivity index (χ4n) is 4.45. The Morgan fingerprint density at radius 1 is 0.818 bits per heavy atom. The topological polar surface area (TPSA) is 86.7 Å². The van der Waals surface area contributed by atoms with E-state index in [0.717, 1.165) is 31.2 Å². The number of amides is 1. The zero-order valence-corrected chi connectivity index (χ0v) is 19.5. The van der Waals surface area contributed by atoms with Crippen LogP contribution in [0.4, 0.5) is 11.6 Å². The summed E-state index contributed by atoms with van der Waals surface area (Å²) in [6.45, 7) is 2.10. The van der Waals surface area contributed by atoms with Crippen molar-refractivity contribution < 1.29 is 13.2 Å². The molecule has 172 valence electrons. The van der Waals surface area contributed by atoms with E-state index in [9.17, 15) is 13.2 Å². The van der Waals surface area contributed by atoms with Crippen LogP contribution >= 0.6 is 0 Å². The fourth-order valence-corrected chi connectivity index (χ4v) is 6.02. The van der Waals surface area contributed by atoms with Crippen LogP contribution in [0.1, 0.15) is 36.0 Å². The van der Waals surface area contributed by atoms with Gasteiger partial charge in [-0.25, -0.2) is 18.4 Å². The van der Waals surface area contributed by atoms with E-state index in [4.69, 9.17) is 9.97 Å². The molecule has 33 heavy (non-hydrogen) atoms. The van der Waals surface area contributed by atoms with Gasteiger partial charge in [-0.2, -0.15) is 4.31 Å². The number of aromatic nitrogens is 2. The van der Waals surface area contributed by atoms with Crippen LogP contribution < -0.4 is 9.80 Å². The Balaban J connectivity index is 1.50. The number of carbonyl (C=O) groups excluding carboxylic acids is 1. The van der Waals surface area contributed by atoms with Crippen molar-refractivity contribution in [1.29, 1.82) is 0 Å². The maximum atomic E-state index is 13.5. The lowest BCUT2D eigenvalue weighted by molar-refractivity contribution is 0.0985. The quantitative estimate of drug-likeness (QED) is 0.590. The number of hydrogen-bond donors (Lipinski definition) is 0. The molecule has 0 saturated carbocycles. The van der Waals surface area contributed by atoms with E-state index in [1.165, 1.54) is 6.07 Å². The summed E-state index contributed by atoms with van der Waals surface area (Å²) in [7, 11) is -1.71. The Labute approximate surface area is 193 Å². The maximum Gasteiger partial charge on any atom is 0.259 e. The summed E-state index contributed by atoms with van der Waals surface area (Å²) in [5, 5.41) is 0. The maximum absolute atomic E-state index is 13.5. The van der Waals surface area contributed by atoms with Gasteiger partial charge in [0.05, 0.1) is 15.9 Å². The molecule has 0 N–H and O–H groups in total. The van der Waals surface area contributed by atoms with Crippen molar-refractivity contribution >= 4 is 38.6 Å². The number of carbonyl (C=O) groups is 1. The van der Waals surface area contributed by atoms with E-state index in [-0.39, 0.29) is 10.8 Å². The number of sulfonamides is 1. The second kappa shape index (κ2) is 8.72. The molecule has 0 radical (unpaired) electrons. The van der Waals surface area contributed by atoms with Gasteiger partial charge in [0.1, 0.15) is 0 Å². The minimum atomic E-state index is -3.64. The minimum absolute atomic E-state index is 0.161. The summed E-state index contributed by atoms with van der Waals surface area (Å²) in [5.74, 6) is 0.858. The molecule has 9 heteroatoms. The van der Waals surface area contributed by atoms with E-state index in [0.29, 0.717) is 48.9 Å².